The van der Waals surface area contributed by atoms with Crippen LogP contribution in [0.5, 0.6) is 0 Å². The van der Waals surface area contributed by atoms with E-state index in [9.17, 15) is 23.6 Å². The summed E-state index contributed by atoms with van der Waals surface area (Å²) in [5.74, 6) is -0.771. The SMILES string of the molecule is CC(C)C1=C(O)O[B]N1S(=O)(=O)c1ccc([N+](=O)[O-])cc1. The minimum Gasteiger partial charge on any atom is -0.514 e. The van der Waals surface area contributed by atoms with Gasteiger partial charge in [0.1, 0.15) is 5.70 Å². The molecular weight excluding hydrogens is 299 g/mol. The molecule has 0 bridgehead atoms. The van der Waals surface area contributed by atoms with E-state index >= 15 is 0 Å². The standard InChI is InChI=1S/C11H12BN2O6S/c1-7(2)10-11(15)20-12-13(10)21(18,19)9-5-3-8(4-6-9)14(16)17/h3-7,15H,1-2H3. The number of aliphatic hydroxyl groups excluding tert-OH is 1. The second-order valence-corrected chi connectivity index (χ2v) is 6.44. The van der Waals surface area contributed by atoms with Crippen LogP contribution >= 0.6 is 0 Å². The predicted molar refractivity (Wildman–Crippen MR) is 73.5 cm³/mol. The minimum atomic E-state index is -4.00. The van der Waals surface area contributed by atoms with E-state index < -0.39 is 20.9 Å². The Balaban J connectivity index is 2.41. The first-order valence-corrected chi connectivity index (χ1v) is 7.41. The van der Waals surface area contributed by atoms with Gasteiger partial charge in [0.2, 0.25) is 0 Å². The number of nitro benzene ring substituents is 1. The van der Waals surface area contributed by atoms with Crippen LogP contribution in [0.1, 0.15) is 13.8 Å². The van der Waals surface area contributed by atoms with Gasteiger partial charge in [-0.2, -0.15) is 0 Å². The summed E-state index contributed by atoms with van der Waals surface area (Å²) in [5, 5.41) is 20.2. The highest BCUT2D eigenvalue weighted by Gasteiger charge is 2.38. The third-order valence-corrected chi connectivity index (χ3v) is 4.54. The van der Waals surface area contributed by atoms with Crippen LogP contribution in [-0.2, 0) is 14.7 Å². The number of hydrogen-bond acceptors (Lipinski definition) is 6. The molecule has 0 aliphatic carbocycles. The Morgan fingerprint density at radius 2 is 1.90 bits per heavy atom. The van der Waals surface area contributed by atoms with Gasteiger partial charge < -0.3 is 9.76 Å². The molecule has 0 saturated heterocycles. The number of non-ortho nitro benzene ring substituents is 1. The second-order valence-electron chi connectivity index (χ2n) is 4.62. The number of benzene rings is 1. The maximum absolute atomic E-state index is 12.5. The first kappa shape index (κ1) is 15.2. The summed E-state index contributed by atoms with van der Waals surface area (Å²) < 4.78 is 30.5. The zero-order chi connectivity index (χ0) is 15.8. The largest absolute Gasteiger partial charge is 0.539 e. The quantitative estimate of drug-likeness (QED) is 0.513. The van der Waals surface area contributed by atoms with E-state index in [0.29, 0.717) is 0 Å². The first-order valence-electron chi connectivity index (χ1n) is 5.97. The Morgan fingerprint density at radius 1 is 1.33 bits per heavy atom. The fraction of sp³-hybridized carbons (Fsp3) is 0.273. The Bertz CT molecular complexity index is 698. The molecule has 1 aliphatic rings. The van der Waals surface area contributed by atoms with E-state index in [-0.39, 0.29) is 22.2 Å². The van der Waals surface area contributed by atoms with E-state index in [2.05, 4.69) is 0 Å². The van der Waals surface area contributed by atoms with Gasteiger partial charge in [-0.1, -0.05) is 13.8 Å². The topological polar surface area (TPSA) is 110 Å². The van der Waals surface area contributed by atoms with Crippen LogP contribution < -0.4 is 0 Å². The van der Waals surface area contributed by atoms with Crippen molar-refractivity contribution in [3.8, 4) is 0 Å². The van der Waals surface area contributed by atoms with Crippen molar-refractivity contribution in [1.82, 2.24) is 4.22 Å². The molecule has 10 heteroatoms. The van der Waals surface area contributed by atoms with Crippen molar-refractivity contribution in [1.29, 1.82) is 0 Å². The summed E-state index contributed by atoms with van der Waals surface area (Å²) in [6.45, 7) is 3.40. The highest BCUT2D eigenvalue weighted by atomic mass is 32.2. The Kier molecular flexibility index (Phi) is 3.81. The Morgan fingerprint density at radius 3 is 2.38 bits per heavy atom. The van der Waals surface area contributed by atoms with Gasteiger partial charge in [-0.15, -0.1) is 0 Å². The molecule has 1 N–H and O–H groups in total. The fourth-order valence-corrected chi connectivity index (χ4v) is 3.26. The lowest BCUT2D eigenvalue weighted by molar-refractivity contribution is -0.384. The van der Waals surface area contributed by atoms with E-state index in [1.165, 1.54) is 0 Å². The molecule has 2 rings (SSSR count). The fourth-order valence-electron chi connectivity index (χ4n) is 1.85. The number of hydrogen-bond donors (Lipinski definition) is 1. The smallest absolute Gasteiger partial charge is 0.514 e. The molecule has 0 aromatic heterocycles. The van der Waals surface area contributed by atoms with Crippen molar-refractivity contribution in [2.75, 3.05) is 0 Å². The van der Waals surface area contributed by atoms with Crippen molar-refractivity contribution < 1.29 is 23.1 Å². The van der Waals surface area contributed by atoms with Gasteiger partial charge in [0, 0.05) is 18.1 Å². The summed E-state index contributed by atoms with van der Waals surface area (Å²) in [4.78, 5) is 9.83. The molecule has 1 heterocycles. The van der Waals surface area contributed by atoms with Crippen molar-refractivity contribution >= 4 is 23.3 Å². The molecule has 1 aromatic carbocycles. The first-order chi connectivity index (χ1) is 9.75. The van der Waals surface area contributed by atoms with Crippen molar-refractivity contribution in [2.45, 2.75) is 18.7 Å². The van der Waals surface area contributed by atoms with Crippen LogP contribution in [0.15, 0.2) is 40.8 Å². The zero-order valence-corrected chi connectivity index (χ0v) is 12.1. The van der Waals surface area contributed by atoms with Crippen molar-refractivity contribution in [3.05, 3.63) is 46.0 Å². The molecule has 1 aliphatic heterocycles. The molecule has 21 heavy (non-hydrogen) atoms. The van der Waals surface area contributed by atoms with Gasteiger partial charge in [-0.25, -0.2) is 8.42 Å². The Hall–Kier alpha value is -2.23. The van der Waals surface area contributed by atoms with Gasteiger partial charge in [0.25, 0.3) is 21.7 Å². The van der Waals surface area contributed by atoms with Gasteiger partial charge in [0.15, 0.2) is 0 Å². The molecule has 8 nitrogen and oxygen atoms in total. The van der Waals surface area contributed by atoms with Crippen molar-refractivity contribution in [2.24, 2.45) is 5.92 Å². The minimum absolute atomic E-state index is 0.105. The van der Waals surface area contributed by atoms with E-state index in [0.717, 1.165) is 36.1 Å². The zero-order valence-electron chi connectivity index (χ0n) is 11.3. The third kappa shape index (κ3) is 2.66. The maximum atomic E-state index is 12.5. The molecule has 0 atom stereocenters. The number of aliphatic hydroxyl groups is 1. The molecule has 0 amide bonds. The molecule has 111 valence electrons. The lowest BCUT2D eigenvalue weighted by atomic mass is 10.1. The van der Waals surface area contributed by atoms with Gasteiger partial charge >= 0.3 is 7.62 Å². The summed E-state index contributed by atoms with van der Waals surface area (Å²) in [6.07, 6.45) is 0. The number of allylic oxidation sites excluding steroid dienone is 1. The lowest BCUT2D eigenvalue weighted by Gasteiger charge is -2.20. The molecular formula is C11H12BN2O6S. The third-order valence-electron chi connectivity index (χ3n) is 2.87. The van der Waals surface area contributed by atoms with Gasteiger partial charge in [-0.05, 0) is 12.1 Å². The summed E-state index contributed by atoms with van der Waals surface area (Å²) in [7, 11) is -3.11. The van der Waals surface area contributed by atoms with E-state index in [1.54, 1.807) is 13.8 Å². The Labute approximate surface area is 122 Å². The molecule has 1 radical (unpaired) electrons. The van der Waals surface area contributed by atoms with E-state index in [1.807, 2.05) is 0 Å². The van der Waals surface area contributed by atoms with Crippen LogP contribution in [0, 0.1) is 16.0 Å². The number of sulfonamides is 1. The molecule has 0 saturated carbocycles. The second kappa shape index (κ2) is 5.28. The number of rotatable bonds is 4. The molecule has 1 aromatic rings. The summed E-state index contributed by atoms with van der Waals surface area (Å²) >= 11 is 0. The van der Waals surface area contributed by atoms with Gasteiger partial charge in [-0.3, -0.25) is 14.3 Å². The highest BCUT2D eigenvalue weighted by molar-refractivity contribution is 7.90. The highest BCUT2D eigenvalue weighted by Crippen LogP contribution is 2.30. The maximum Gasteiger partial charge on any atom is 0.539 e. The van der Waals surface area contributed by atoms with Gasteiger partial charge in [0.05, 0.1) is 9.82 Å². The van der Waals surface area contributed by atoms with Crippen LogP contribution in [0.4, 0.5) is 5.69 Å². The summed E-state index contributed by atoms with van der Waals surface area (Å²) in [6, 6.07) is 4.47. The monoisotopic (exact) mass is 311 g/mol. The number of nitrogens with zero attached hydrogens (tertiary/aromatic N) is 2. The van der Waals surface area contributed by atoms with Crippen LogP contribution in [0.25, 0.3) is 0 Å². The normalized spacial score (nSPS) is 15.1. The van der Waals surface area contributed by atoms with Crippen LogP contribution in [0.2, 0.25) is 0 Å². The van der Waals surface area contributed by atoms with Crippen molar-refractivity contribution in [3.63, 3.8) is 0 Å². The molecule has 0 fully saturated rings. The average Bonchev–Trinajstić information content (AvgIpc) is 2.81. The van der Waals surface area contributed by atoms with Crippen LogP contribution in [-0.4, -0.2) is 30.3 Å². The predicted octanol–water partition coefficient (Wildman–Crippen LogP) is 1.53. The van der Waals surface area contributed by atoms with E-state index in [4.69, 9.17) is 4.65 Å². The average molecular weight is 311 g/mol. The van der Waals surface area contributed by atoms with Crippen LogP contribution in [0.3, 0.4) is 0 Å². The number of nitro groups is 1. The molecule has 0 spiro atoms. The molecule has 0 unspecified atom stereocenters. The summed E-state index contributed by atoms with van der Waals surface area (Å²) in [5.41, 5.74) is -0.105. The lowest BCUT2D eigenvalue weighted by Crippen LogP contribution is -2.32.